The Kier molecular flexibility index (Phi) is 4.16. The monoisotopic (exact) mass is 248 g/mol. The van der Waals surface area contributed by atoms with Crippen molar-refractivity contribution >= 4 is 0 Å². The van der Waals surface area contributed by atoms with Crippen LogP contribution in [0.2, 0.25) is 0 Å². The van der Waals surface area contributed by atoms with Gasteiger partial charge in [-0.25, -0.2) is 0 Å². The van der Waals surface area contributed by atoms with Crippen molar-refractivity contribution in [1.82, 2.24) is 9.88 Å². The molecule has 18 heavy (non-hydrogen) atoms. The maximum Gasteiger partial charge on any atom is 0.0226 e. The molecule has 0 radical (unpaired) electrons. The summed E-state index contributed by atoms with van der Waals surface area (Å²) in [6, 6.07) is 3.04. The molecule has 0 spiro atoms. The van der Waals surface area contributed by atoms with E-state index in [2.05, 4.69) is 50.7 Å². The minimum absolute atomic E-state index is 0.717. The van der Waals surface area contributed by atoms with Gasteiger partial charge in [0.2, 0.25) is 0 Å². The first-order valence-electron chi connectivity index (χ1n) is 7.39. The lowest BCUT2D eigenvalue weighted by atomic mass is 9.93. The molecular weight excluding hydrogens is 220 g/mol. The van der Waals surface area contributed by atoms with Gasteiger partial charge in [0.15, 0.2) is 0 Å². The van der Waals surface area contributed by atoms with Gasteiger partial charge in [0, 0.05) is 31.0 Å². The predicted molar refractivity (Wildman–Crippen MR) is 77.7 cm³/mol. The smallest absolute Gasteiger partial charge is 0.0226 e. The number of aromatic nitrogens is 1. The molecule has 1 aliphatic rings. The third-order valence-electron chi connectivity index (χ3n) is 5.19. The molecule has 3 atom stereocenters. The summed E-state index contributed by atoms with van der Waals surface area (Å²) in [5.74, 6) is 1.77. The van der Waals surface area contributed by atoms with E-state index < -0.39 is 0 Å². The highest BCUT2D eigenvalue weighted by Crippen LogP contribution is 2.34. The van der Waals surface area contributed by atoms with Crippen LogP contribution >= 0.6 is 0 Å². The number of nitrogens with zero attached hydrogens (tertiary/aromatic N) is 1. The first-order chi connectivity index (χ1) is 8.54. The second-order valence-electron chi connectivity index (χ2n) is 6.05. The molecule has 1 fully saturated rings. The van der Waals surface area contributed by atoms with Gasteiger partial charge in [-0.05, 0) is 50.2 Å². The summed E-state index contributed by atoms with van der Waals surface area (Å²) in [5.41, 5.74) is 4.22. The summed E-state index contributed by atoms with van der Waals surface area (Å²) in [5, 5.41) is 3.78. The highest BCUT2D eigenvalue weighted by molar-refractivity contribution is 5.26. The standard InChI is InChI=1S/C16H28N2/c1-6-14-7-8-16(12(14)3)17-10-15-9-11(2)18(5)13(15)4/h9,12,14,16-17H,6-8,10H2,1-5H3. The molecule has 1 aromatic heterocycles. The molecule has 0 aliphatic heterocycles. The van der Waals surface area contributed by atoms with E-state index in [1.807, 2.05) is 0 Å². The Morgan fingerprint density at radius 1 is 1.33 bits per heavy atom. The van der Waals surface area contributed by atoms with Crippen LogP contribution in [0.15, 0.2) is 6.07 Å². The second kappa shape index (κ2) is 5.48. The fourth-order valence-corrected chi connectivity index (χ4v) is 3.47. The molecule has 2 rings (SSSR count). The molecule has 102 valence electrons. The Morgan fingerprint density at radius 3 is 2.56 bits per heavy atom. The summed E-state index contributed by atoms with van der Waals surface area (Å²) in [4.78, 5) is 0. The van der Waals surface area contributed by atoms with E-state index in [1.54, 1.807) is 0 Å². The zero-order chi connectivity index (χ0) is 13.3. The van der Waals surface area contributed by atoms with Crippen LogP contribution in [0, 0.1) is 25.7 Å². The molecule has 0 bridgehead atoms. The molecule has 1 heterocycles. The SMILES string of the molecule is CCC1CCC(NCc2cc(C)n(C)c2C)C1C. The minimum atomic E-state index is 0.717. The number of hydrogen-bond donors (Lipinski definition) is 1. The van der Waals surface area contributed by atoms with Gasteiger partial charge in [0.05, 0.1) is 0 Å². The van der Waals surface area contributed by atoms with Crippen molar-refractivity contribution in [2.75, 3.05) is 0 Å². The molecule has 3 unspecified atom stereocenters. The van der Waals surface area contributed by atoms with Crippen molar-refractivity contribution in [2.24, 2.45) is 18.9 Å². The first kappa shape index (κ1) is 13.7. The molecule has 1 saturated carbocycles. The van der Waals surface area contributed by atoms with Crippen molar-refractivity contribution in [3.8, 4) is 0 Å². The van der Waals surface area contributed by atoms with Crippen LogP contribution in [-0.4, -0.2) is 10.6 Å². The molecule has 2 heteroatoms. The number of nitrogens with one attached hydrogen (secondary N) is 1. The fraction of sp³-hybridized carbons (Fsp3) is 0.750. The molecule has 0 aromatic carbocycles. The third-order valence-corrected chi connectivity index (χ3v) is 5.19. The van der Waals surface area contributed by atoms with Crippen molar-refractivity contribution < 1.29 is 0 Å². The average Bonchev–Trinajstić information content (AvgIpc) is 2.83. The Morgan fingerprint density at radius 2 is 2.06 bits per heavy atom. The highest BCUT2D eigenvalue weighted by Gasteiger charge is 2.30. The van der Waals surface area contributed by atoms with Crippen molar-refractivity contribution in [2.45, 2.75) is 59.5 Å². The number of rotatable bonds is 4. The van der Waals surface area contributed by atoms with Gasteiger partial charge >= 0.3 is 0 Å². The third kappa shape index (κ3) is 2.49. The summed E-state index contributed by atoms with van der Waals surface area (Å²) >= 11 is 0. The molecule has 1 aromatic rings. The van der Waals surface area contributed by atoms with E-state index in [1.165, 1.54) is 36.2 Å². The van der Waals surface area contributed by atoms with Gasteiger partial charge in [-0.3, -0.25) is 0 Å². The van der Waals surface area contributed by atoms with E-state index in [0.29, 0.717) is 0 Å². The lowest BCUT2D eigenvalue weighted by Crippen LogP contribution is -2.32. The fourth-order valence-electron chi connectivity index (χ4n) is 3.47. The van der Waals surface area contributed by atoms with Crippen LogP contribution in [-0.2, 0) is 13.6 Å². The average molecular weight is 248 g/mol. The normalized spacial score (nSPS) is 27.9. The lowest BCUT2D eigenvalue weighted by Gasteiger charge is -2.21. The summed E-state index contributed by atoms with van der Waals surface area (Å²) in [6.45, 7) is 10.2. The largest absolute Gasteiger partial charge is 0.352 e. The van der Waals surface area contributed by atoms with Crippen LogP contribution in [0.3, 0.4) is 0 Å². The predicted octanol–water partition coefficient (Wildman–Crippen LogP) is 3.56. The number of aryl methyl sites for hydroxylation is 1. The van der Waals surface area contributed by atoms with E-state index in [0.717, 1.165) is 24.4 Å². The van der Waals surface area contributed by atoms with E-state index in [-0.39, 0.29) is 0 Å². The van der Waals surface area contributed by atoms with Crippen molar-refractivity contribution in [1.29, 1.82) is 0 Å². The quantitative estimate of drug-likeness (QED) is 0.862. The Balaban J connectivity index is 1.94. The summed E-state index contributed by atoms with van der Waals surface area (Å²) in [7, 11) is 2.15. The van der Waals surface area contributed by atoms with Crippen molar-refractivity contribution in [3.05, 3.63) is 23.0 Å². The van der Waals surface area contributed by atoms with Gasteiger partial charge in [-0.2, -0.15) is 0 Å². The van der Waals surface area contributed by atoms with Crippen LogP contribution in [0.4, 0.5) is 0 Å². The lowest BCUT2D eigenvalue weighted by molar-refractivity contribution is 0.344. The topological polar surface area (TPSA) is 17.0 Å². The minimum Gasteiger partial charge on any atom is -0.352 e. The van der Waals surface area contributed by atoms with E-state index >= 15 is 0 Å². The Labute approximate surface area is 112 Å². The highest BCUT2D eigenvalue weighted by atomic mass is 15.0. The van der Waals surface area contributed by atoms with Gasteiger partial charge < -0.3 is 9.88 Å². The molecule has 0 saturated heterocycles. The Hall–Kier alpha value is -0.760. The van der Waals surface area contributed by atoms with Crippen LogP contribution in [0.5, 0.6) is 0 Å². The zero-order valence-corrected chi connectivity index (χ0v) is 12.6. The van der Waals surface area contributed by atoms with Crippen LogP contribution < -0.4 is 5.32 Å². The molecule has 0 amide bonds. The zero-order valence-electron chi connectivity index (χ0n) is 12.6. The molecule has 1 N–H and O–H groups in total. The van der Waals surface area contributed by atoms with Crippen LogP contribution in [0.25, 0.3) is 0 Å². The van der Waals surface area contributed by atoms with Crippen LogP contribution in [0.1, 0.15) is 50.1 Å². The van der Waals surface area contributed by atoms with E-state index in [4.69, 9.17) is 0 Å². The number of hydrogen-bond acceptors (Lipinski definition) is 1. The Bertz CT molecular complexity index is 405. The van der Waals surface area contributed by atoms with Gasteiger partial charge in [-0.1, -0.05) is 20.3 Å². The summed E-state index contributed by atoms with van der Waals surface area (Å²) < 4.78 is 2.28. The first-order valence-corrected chi connectivity index (χ1v) is 7.39. The summed E-state index contributed by atoms with van der Waals surface area (Å²) in [6.07, 6.45) is 4.09. The van der Waals surface area contributed by atoms with Gasteiger partial charge in [-0.15, -0.1) is 0 Å². The second-order valence-corrected chi connectivity index (χ2v) is 6.05. The molecule has 2 nitrogen and oxygen atoms in total. The maximum absolute atomic E-state index is 3.78. The van der Waals surface area contributed by atoms with E-state index in [9.17, 15) is 0 Å². The molecule has 1 aliphatic carbocycles. The van der Waals surface area contributed by atoms with Gasteiger partial charge in [0.1, 0.15) is 0 Å². The van der Waals surface area contributed by atoms with Gasteiger partial charge in [0.25, 0.3) is 0 Å². The molecular formula is C16H28N2. The maximum atomic E-state index is 3.78. The van der Waals surface area contributed by atoms with Crippen molar-refractivity contribution in [3.63, 3.8) is 0 Å².